The summed E-state index contributed by atoms with van der Waals surface area (Å²) in [6.07, 6.45) is -3.15. The number of hydrazine groups is 1. The number of rotatable bonds is 4. The molecule has 3 aliphatic rings. The van der Waals surface area contributed by atoms with Crippen LogP contribution in [0.15, 0.2) is 34.9 Å². The van der Waals surface area contributed by atoms with Crippen LogP contribution in [0.5, 0.6) is 0 Å². The molecule has 4 nitrogen and oxygen atoms in total. The van der Waals surface area contributed by atoms with Crippen LogP contribution in [-0.2, 0) is 0 Å². The summed E-state index contributed by atoms with van der Waals surface area (Å²) in [6, 6.07) is -1.52. The largest absolute Gasteiger partial charge is 0.412 e. The van der Waals surface area contributed by atoms with Gasteiger partial charge < -0.3 is 5.32 Å². The molecule has 3 rings (SSSR count). The molecule has 0 saturated carbocycles. The van der Waals surface area contributed by atoms with Crippen molar-refractivity contribution in [2.45, 2.75) is 63.2 Å². The van der Waals surface area contributed by atoms with E-state index >= 15 is 0 Å². The van der Waals surface area contributed by atoms with Crippen molar-refractivity contribution >= 4 is 6.03 Å². The van der Waals surface area contributed by atoms with Gasteiger partial charge in [0.2, 0.25) is 0 Å². The fourth-order valence-corrected chi connectivity index (χ4v) is 4.31. The Labute approximate surface area is 160 Å². The summed E-state index contributed by atoms with van der Waals surface area (Å²) in [5, 5.41) is 4.14. The van der Waals surface area contributed by atoms with Crippen molar-refractivity contribution in [2.24, 2.45) is 5.92 Å². The van der Waals surface area contributed by atoms with Crippen molar-refractivity contribution in [1.82, 2.24) is 15.8 Å². The Morgan fingerprint density at radius 1 is 1.25 bits per heavy atom. The SMILES string of the molecule is CNN1C(=O)NC(C2=CC=C(C(F)(F)F)CC2)C1C(C)C1=CCC(F)CC1F. The number of alkyl halides is 5. The van der Waals surface area contributed by atoms with E-state index in [0.29, 0.717) is 11.1 Å². The van der Waals surface area contributed by atoms with E-state index in [1.54, 1.807) is 20.0 Å². The van der Waals surface area contributed by atoms with Crippen molar-refractivity contribution in [1.29, 1.82) is 0 Å². The van der Waals surface area contributed by atoms with Crippen LogP contribution >= 0.6 is 0 Å². The average molecular weight is 405 g/mol. The van der Waals surface area contributed by atoms with E-state index in [2.05, 4.69) is 10.7 Å². The fraction of sp³-hybridized carbons (Fsp3) is 0.632. The monoisotopic (exact) mass is 405 g/mol. The molecule has 0 radical (unpaired) electrons. The first kappa shape index (κ1) is 20.8. The molecule has 2 amide bonds. The first-order valence-corrected chi connectivity index (χ1v) is 9.35. The van der Waals surface area contributed by atoms with Crippen molar-refractivity contribution in [2.75, 3.05) is 7.05 Å². The van der Waals surface area contributed by atoms with Gasteiger partial charge in [0.25, 0.3) is 0 Å². The van der Waals surface area contributed by atoms with E-state index in [-0.39, 0.29) is 25.7 Å². The topological polar surface area (TPSA) is 44.4 Å². The quantitative estimate of drug-likeness (QED) is 0.546. The van der Waals surface area contributed by atoms with Crippen LogP contribution in [0.3, 0.4) is 0 Å². The van der Waals surface area contributed by atoms with Crippen LogP contribution < -0.4 is 10.7 Å². The molecule has 5 atom stereocenters. The van der Waals surface area contributed by atoms with Gasteiger partial charge in [-0.1, -0.05) is 25.2 Å². The molecule has 0 aromatic rings. The second-order valence-corrected chi connectivity index (χ2v) is 7.47. The van der Waals surface area contributed by atoms with E-state index in [0.717, 1.165) is 6.08 Å². The fourth-order valence-electron chi connectivity index (χ4n) is 4.31. The van der Waals surface area contributed by atoms with E-state index in [4.69, 9.17) is 0 Å². The van der Waals surface area contributed by atoms with Gasteiger partial charge in [-0.2, -0.15) is 13.2 Å². The van der Waals surface area contributed by atoms with E-state index in [9.17, 15) is 26.7 Å². The Bertz CT molecular complexity index is 715. The maximum Gasteiger partial charge on any atom is 0.412 e. The highest BCUT2D eigenvalue weighted by atomic mass is 19.4. The molecular formula is C19H24F5N3O. The number of carbonyl (C=O) groups excluding carboxylic acids is 1. The average Bonchev–Trinajstić information content (AvgIpc) is 2.97. The summed E-state index contributed by atoms with van der Waals surface area (Å²) >= 11 is 0. The number of nitrogens with zero attached hydrogens (tertiary/aromatic N) is 1. The minimum Gasteiger partial charge on any atom is -0.328 e. The highest BCUT2D eigenvalue weighted by Crippen LogP contribution is 2.39. The summed E-state index contributed by atoms with van der Waals surface area (Å²) in [7, 11) is 1.55. The zero-order valence-corrected chi connectivity index (χ0v) is 15.7. The molecule has 0 spiro atoms. The number of halogens is 5. The summed E-state index contributed by atoms with van der Waals surface area (Å²) in [5.41, 5.74) is 3.27. The number of hydrogen-bond acceptors (Lipinski definition) is 2. The van der Waals surface area contributed by atoms with Gasteiger partial charge in [-0.15, -0.1) is 0 Å². The van der Waals surface area contributed by atoms with Gasteiger partial charge in [0.1, 0.15) is 12.3 Å². The predicted octanol–water partition coefficient (Wildman–Crippen LogP) is 4.12. The van der Waals surface area contributed by atoms with Gasteiger partial charge in [0, 0.05) is 25.0 Å². The summed E-state index contributed by atoms with van der Waals surface area (Å²) in [4.78, 5) is 12.4. The summed E-state index contributed by atoms with van der Waals surface area (Å²) in [5.74, 6) is -0.437. The number of amides is 2. The zero-order chi connectivity index (χ0) is 20.6. The lowest BCUT2D eigenvalue weighted by atomic mass is 9.79. The van der Waals surface area contributed by atoms with Gasteiger partial charge in [-0.05, 0) is 30.4 Å². The van der Waals surface area contributed by atoms with Crippen LogP contribution in [0.2, 0.25) is 0 Å². The summed E-state index contributed by atoms with van der Waals surface area (Å²) < 4.78 is 66.6. The lowest BCUT2D eigenvalue weighted by Crippen LogP contribution is -2.49. The van der Waals surface area contributed by atoms with Gasteiger partial charge in [-0.25, -0.2) is 19.0 Å². The number of urea groups is 1. The molecule has 9 heteroatoms. The third-order valence-corrected chi connectivity index (χ3v) is 5.80. The minimum absolute atomic E-state index is 0.124. The predicted molar refractivity (Wildman–Crippen MR) is 94.7 cm³/mol. The van der Waals surface area contributed by atoms with Crippen molar-refractivity contribution in [3.63, 3.8) is 0 Å². The number of carbonyl (C=O) groups is 1. The molecule has 0 aromatic carbocycles. The second kappa shape index (κ2) is 7.85. The third kappa shape index (κ3) is 3.94. The highest BCUT2D eigenvalue weighted by Gasteiger charge is 2.47. The molecule has 28 heavy (non-hydrogen) atoms. The molecule has 2 N–H and O–H groups in total. The number of allylic oxidation sites excluding steroid dienone is 4. The Kier molecular flexibility index (Phi) is 5.84. The normalized spacial score (nSPS) is 32.5. The van der Waals surface area contributed by atoms with Crippen LogP contribution in [0.4, 0.5) is 26.7 Å². The lowest BCUT2D eigenvalue weighted by Gasteiger charge is -2.36. The first-order valence-electron chi connectivity index (χ1n) is 9.35. The van der Waals surface area contributed by atoms with Crippen LogP contribution in [0, 0.1) is 5.92 Å². The molecule has 1 fully saturated rings. The number of nitrogens with one attached hydrogen (secondary N) is 2. The van der Waals surface area contributed by atoms with Gasteiger partial charge >= 0.3 is 12.2 Å². The summed E-state index contributed by atoms with van der Waals surface area (Å²) in [6.45, 7) is 1.76. The molecule has 1 saturated heterocycles. The van der Waals surface area contributed by atoms with Crippen molar-refractivity contribution in [3.8, 4) is 0 Å². The highest BCUT2D eigenvalue weighted by molar-refractivity contribution is 5.78. The zero-order valence-electron chi connectivity index (χ0n) is 15.7. The second-order valence-electron chi connectivity index (χ2n) is 7.47. The molecule has 1 heterocycles. The van der Waals surface area contributed by atoms with Crippen LogP contribution in [0.1, 0.15) is 32.6 Å². The van der Waals surface area contributed by atoms with E-state index in [1.165, 1.54) is 11.1 Å². The van der Waals surface area contributed by atoms with Gasteiger partial charge in [0.05, 0.1) is 12.1 Å². The standard InChI is InChI=1S/C19H24F5N3O/c1-10(14-8-7-13(20)9-15(14)21)17-16(26-18(28)27(17)25-2)11-3-5-12(6-4-11)19(22,23)24/h3,5,8,10,13,15-17,25H,4,6-7,9H2,1-2H3,(H,26,28). The van der Waals surface area contributed by atoms with Crippen LogP contribution in [-0.4, -0.2) is 48.7 Å². The van der Waals surface area contributed by atoms with Crippen molar-refractivity contribution < 1.29 is 26.7 Å². The number of hydrogen-bond donors (Lipinski definition) is 2. The van der Waals surface area contributed by atoms with E-state index < -0.39 is 48.1 Å². The van der Waals surface area contributed by atoms with Crippen molar-refractivity contribution in [3.05, 3.63) is 34.9 Å². The smallest absolute Gasteiger partial charge is 0.328 e. The van der Waals surface area contributed by atoms with E-state index in [1.807, 2.05) is 0 Å². The molecule has 156 valence electrons. The molecule has 0 bridgehead atoms. The Morgan fingerprint density at radius 2 is 1.96 bits per heavy atom. The molecule has 1 aliphatic heterocycles. The van der Waals surface area contributed by atoms with Gasteiger partial charge in [-0.3, -0.25) is 5.01 Å². The Hall–Kier alpha value is -1.90. The third-order valence-electron chi connectivity index (χ3n) is 5.80. The minimum atomic E-state index is -4.37. The Balaban J connectivity index is 1.89. The van der Waals surface area contributed by atoms with Crippen LogP contribution in [0.25, 0.3) is 0 Å². The first-order chi connectivity index (χ1) is 13.1. The molecule has 0 aromatic heterocycles. The maximum atomic E-state index is 14.5. The maximum absolute atomic E-state index is 14.5. The van der Waals surface area contributed by atoms with Gasteiger partial charge in [0.15, 0.2) is 0 Å². The Morgan fingerprint density at radius 3 is 2.50 bits per heavy atom. The lowest BCUT2D eigenvalue weighted by molar-refractivity contribution is -0.0941. The molecule has 2 aliphatic carbocycles. The molecular weight excluding hydrogens is 381 g/mol. The molecule has 5 unspecified atom stereocenters.